The number of aliphatic carboxylic acids is 2. The predicted molar refractivity (Wildman–Crippen MR) is 459 cm³/mol. The quantitative estimate of drug-likeness (QED) is 0.0161. The first kappa shape index (κ1) is 98.0. The molecule has 0 aliphatic carbocycles. The lowest BCUT2D eigenvalue weighted by Gasteiger charge is -2.35. The van der Waals surface area contributed by atoms with E-state index in [1.54, 1.807) is 54.6 Å². The molecule has 4 amide bonds. The molecule has 0 unspecified atom stereocenters. The van der Waals surface area contributed by atoms with Gasteiger partial charge in [0.05, 0.1) is 112 Å². The lowest BCUT2D eigenvalue weighted by Crippen LogP contribution is -2.51. The number of carboxylic acid groups (broad SMARTS) is 2. The van der Waals surface area contributed by atoms with E-state index in [0.29, 0.717) is 69.3 Å². The number of likely N-dealkylation sites (N-methyl/N-ethyl adjacent to an activating group) is 3. The van der Waals surface area contributed by atoms with Gasteiger partial charge in [0.2, 0.25) is 53.7 Å². The van der Waals surface area contributed by atoms with Crippen LogP contribution in [0.1, 0.15) is 119 Å². The van der Waals surface area contributed by atoms with Gasteiger partial charge in [-0.1, -0.05) is 106 Å². The number of carbonyl (C=O) groups excluding carboxylic acids is 4. The van der Waals surface area contributed by atoms with Gasteiger partial charge in [-0.15, -0.1) is 0 Å². The third-order valence-corrected chi connectivity index (χ3v) is 26.8. The number of halogens is 6. The number of hydrogen-bond donors (Lipinski definition) is 9. The number of benzene rings is 6. The van der Waals surface area contributed by atoms with E-state index in [1.807, 2.05) is 57.5 Å². The number of carboxylic acids is 2. The van der Waals surface area contributed by atoms with Crippen LogP contribution < -0.4 is 35.4 Å². The Morgan fingerprint density at radius 1 is 0.438 bits per heavy atom. The van der Waals surface area contributed by atoms with E-state index < -0.39 is 89.9 Å². The fourth-order valence-electron chi connectivity index (χ4n) is 14.8. The van der Waals surface area contributed by atoms with E-state index in [9.17, 15) is 64.2 Å². The van der Waals surface area contributed by atoms with Crippen molar-refractivity contribution >= 4 is 135 Å². The Morgan fingerprint density at radius 2 is 0.785 bits per heavy atom. The normalized spacial score (nSPS) is 16.2. The minimum Gasteiger partial charge on any atom is -0.481 e. The minimum atomic E-state index is -3.96. The zero-order valence-corrected chi connectivity index (χ0v) is 74.4. The summed E-state index contributed by atoms with van der Waals surface area (Å²) in [4.78, 5) is 85.4. The molecule has 0 bridgehead atoms. The highest BCUT2D eigenvalue weighted by Crippen LogP contribution is 2.43. The molecule has 0 spiro atoms. The Morgan fingerprint density at radius 3 is 1.16 bits per heavy atom. The molecule has 9 N–H and O–H groups in total. The van der Waals surface area contributed by atoms with Crippen LogP contribution in [0.3, 0.4) is 0 Å². The second kappa shape index (κ2) is 47.5. The summed E-state index contributed by atoms with van der Waals surface area (Å²) in [6, 6.07) is 30.4. The third-order valence-electron chi connectivity index (χ3n) is 20.8. The average molecular weight is 1860 g/mol. The number of sulfonamides is 3. The molecule has 6 aromatic rings. The summed E-state index contributed by atoms with van der Waals surface area (Å²) in [5.41, 5.74) is 6.34. The molecular formula is C82H104Cl6N10O20S3. The van der Waals surface area contributed by atoms with Gasteiger partial charge in [-0.2, -0.15) is 0 Å². The number of fused-ring (bicyclic) bond motifs is 3. The molecule has 0 radical (unpaired) electrons. The van der Waals surface area contributed by atoms with Crippen molar-refractivity contribution in [3.8, 4) is 0 Å². The topological polar surface area (TPSA) is 395 Å². The molecule has 30 nitrogen and oxygen atoms in total. The number of carbonyl (C=O) groups is 6. The molecule has 0 aromatic heterocycles. The van der Waals surface area contributed by atoms with Crippen LogP contribution in [0.5, 0.6) is 0 Å². The lowest BCUT2D eigenvalue weighted by atomic mass is 9.82. The van der Waals surface area contributed by atoms with Gasteiger partial charge in [-0.3, -0.25) is 33.7 Å². The van der Waals surface area contributed by atoms with E-state index in [-0.39, 0.29) is 190 Å². The second-order valence-corrected chi connectivity index (χ2v) is 37.6. The van der Waals surface area contributed by atoms with Gasteiger partial charge in [0.1, 0.15) is 0 Å². The number of rotatable bonds is 51. The van der Waals surface area contributed by atoms with Crippen molar-refractivity contribution in [1.29, 1.82) is 0 Å². The van der Waals surface area contributed by atoms with Crippen molar-refractivity contribution in [2.24, 2.45) is 5.92 Å². The zero-order valence-electron chi connectivity index (χ0n) is 67.4. The molecule has 6 aromatic carbocycles. The average Bonchev–Trinajstić information content (AvgIpc) is 0.784. The molecule has 9 rings (SSSR count). The first-order chi connectivity index (χ1) is 57.7. The van der Waals surface area contributed by atoms with Crippen LogP contribution in [-0.2, 0) is 107 Å². The maximum atomic E-state index is 14.0. The van der Waals surface area contributed by atoms with Crippen LogP contribution in [0.25, 0.3) is 0 Å². The van der Waals surface area contributed by atoms with Gasteiger partial charge in [0.15, 0.2) is 0 Å². The Hall–Kier alpha value is -6.75. The maximum absolute atomic E-state index is 14.0. The second-order valence-electron chi connectivity index (χ2n) is 29.8. The van der Waals surface area contributed by atoms with Crippen molar-refractivity contribution in [2.45, 2.75) is 109 Å². The molecule has 3 aliphatic heterocycles. The highest BCUT2D eigenvalue weighted by atomic mass is 35.5. The molecule has 662 valence electrons. The molecular weight excluding hydrogens is 1750 g/mol. The summed E-state index contributed by atoms with van der Waals surface area (Å²) >= 11 is 38.9. The third kappa shape index (κ3) is 30.3. The largest absolute Gasteiger partial charge is 0.481 e. The van der Waals surface area contributed by atoms with E-state index in [1.165, 1.54) is 18.2 Å². The fourth-order valence-corrected chi connectivity index (χ4v) is 19.7. The molecule has 121 heavy (non-hydrogen) atoms. The lowest BCUT2D eigenvalue weighted by molar-refractivity contribution is -0.149. The van der Waals surface area contributed by atoms with Crippen LogP contribution in [0, 0.1) is 5.92 Å². The Balaban J connectivity index is 0.730. The van der Waals surface area contributed by atoms with E-state index in [4.69, 9.17) is 98.0 Å². The summed E-state index contributed by atoms with van der Waals surface area (Å²) in [5, 5.41) is 33.6. The van der Waals surface area contributed by atoms with Crippen LogP contribution in [-0.4, -0.2) is 251 Å². The number of ether oxygens (including phenoxy) is 6. The Bertz CT molecular complexity index is 4750. The van der Waals surface area contributed by atoms with Crippen molar-refractivity contribution in [3.05, 3.63) is 189 Å². The summed E-state index contributed by atoms with van der Waals surface area (Å²) in [6.45, 7) is 3.54. The minimum absolute atomic E-state index is 0.00342. The van der Waals surface area contributed by atoms with Crippen molar-refractivity contribution in [3.63, 3.8) is 0 Å². The Kier molecular flexibility index (Phi) is 38.5. The SMILES string of the molecule is CN1Cc2c(Cl)cc(Cl)cc2[C@H](c2cccc(S(=O)(=O)NCCOCCOCCNC(=O)CCC(CCC(=O)NCCOCCOCCNS(=O)(=O)c3cccc([C@@H]4CN(C)Cc5c(Cl)cc(Cl)cc54)c3)(CCC(=O)NCCOCCOCCNS(=O)(=O)c3cccc([C@H]4c5cc(Cl)cc(Cl)c5CCN4C)c3)NC(=O)C[C@@H](CC(=O)O)C(=O)O)c2)C1. The summed E-state index contributed by atoms with van der Waals surface area (Å²) in [5.74, 6) is -7.58. The standard InChI is InChI=1S/C82H104Cl6N10O20S3/c1-96-50-68(65-44-58(83)48-73(87)70(65)52-96)54-7-4-10-61(39-54)119(107,108)92-23-30-116-36-33-113-27-20-89-75(99)13-17-82(95-78(102)42-57(81(105)106)43-79(103)104,18-14-76(100)90-21-28-114-34-37-117-31-24-93-120(109,110)62-11-5-8-55(40-62)69-51-97(2)53-71-66(69)45-59(84)49-74(71)88)19-15-77(101)91-22-29-115-35-38-118-32-25-94-121(111,112)63-12-6-9-56(41-63)80-67-46-60(85)47-72(86)64(67)16-26-98(80)3/h4-12,39-41,44-49,57,68-69,80,92-94H,13-38,42-43,50-53H2,1-3H3,(H,89,99)(H,90,100)(H,91,101)(H,95,102)(H,103,104)(H,105,106)/t57-,68-,69-,80-/m0/s1. The van der Waals surface area contributed by atoms with Gasteiger partial charge in [0, 0.05) is 145 Å². The van der Waals surface area contributed by atoms with Gasteiger partial charge in [0.25, 0.3) is 0 Å². The monoisotopic (exact) mass is 1850 g/mol. The number of nitrogens with one attached hydrogen (secondary N) is 7. The molecule has 4 atom stereocenters. The molecule has 0 fully saturated rings. The first-order valence-electron chi connectivity index (χ1n) is 39.5. The number of hydrogen-bond acceptors (Lipinski definition) is 21. The summed E-state index contributed by atoms with van der Waals surface area (Å²) < 4.78 is 122. The molecule has 39 heteroatoms. The molecule has 0 saturated carbocycles. The van der Waals surface area contributed by atoms with E-state index in [2.05, 4.69) is 50.1 Å². The van der Waals surface area contributed by atoms with Gasteiger partial charge < -0.3 is 69.7 Å². The molecule has 3 aliphatic rings. The van der Waals surface area contributed by atoms with Crippen LogP contribution in [0.4, 0.5) is 0 Å². The zero-order chi connectivity index (χ0) is 87.4. The Labute approximate surface area is 736 Å². The van der Waals surface area contributed by atoms with Crippen LogP contribution >= 0.6 is 69.6 Å². The number of nitrogens with zero attached hydrogens (tertiary/aromatic N) is 3. The predicted octanol–water partition coefficient (Wildman–Crippen LogP) is 8.78. The van der Waals surface area contributed by atoms with Crippen LogP contribution in [0.15, 0.2) is 124 Å². The maximum Gasteiger partial charge on any atom is 0.307 e. The van der Waals surface area contributed by atoms with Crippen LogP contribution in [0.2, 0.25) is 30.1 Å². The van der Waals surface area contributed by atoms with Gasteiger partial charge >= 0.3 is 11.9 Å². The summed E-state index contributed by atoms with van der Waals surface area (Å²) in [7, 11) is -5.98. The van der Waals surface area contributed by atoms with Crippen molar-refractivity contribution in [2.75, 3.05) is 159 Å². The smallest absolute Gasteiger partial charge is 0.307 e. The highest BCUT2D eigenvalue weighted by Gasteiger charge is 2.37. The molecule has 0 saturated heterocycles. The number of amides is 4. The van der Waals surface area contributed by atoms with Crippen molar-refractivity contribution in [1.82, 2.24) is 50.1 Å². The van der Waals surface area contributed by atoms with Gasteiger partial charge in [-0.05, 0) is 170 Å². The van der Waals surface area contributed by atoms with Crippen molar-refractivity contribution < 1.29 is 92.7 Å². The summed E-state index contributed by atoms with van der Waals surface area (Å²) in [6.07, 6.45) is -2.48. The first-order valence-corrected chi connectivity index (χ1v) is 46.2. The van der Waals surface area contributed by atoms with Gasteiger partial charge in [-0.25, -0.2) is 39.4 Å². The molecule has 3 heterocycles. The highest BCUT2D eigenvalue weighted by molar-refractivity contribution is 7.90. The van der Waals surface area contributed by atoms with E-state index in [0.717, 1.165) is 50.1 Å². The fraction of sp³-hybridized carbons (Fsp3) is 0.488. The van der Waals surface area contributed by atoms with E-state index >= 15 is 0 Å².